The summed E-state index contributed by atoms with van der Waals surface area (Å²) in [6, 6.07) is 9.64. The summed E-state index contributed by atoms with van der Waals surface area (Å²) in [6.07, 6.45) is -4.50. The molecule has 0 saturated carbocycles. The zero-order valence-corrected chi connectivity index (χ0v) is 16.9. The quantitative estimate of drug-likeness (QED) is 0.678. The van der Waals surface area contributed by atoms with Crippen LogP contribution in [-0.4, -0.2) is 46.6 Å². The Kier molecular flexibility index (Phi) is 5.67. The summed E-state index contributed by atoms with van der Waals surface area (Å²) < 4.78 is 93.9. The first-order chi connectivity index (χ1) is 13.4. The molecule has 0 radical (unpaired) electrons. The van der Waals surface area contributed by atoms with Crippen LogP contribution in [0.3, 0.4) is 0 Å². The summed E-state index contributed by atoms with van der Waals surface area (Å²) in [4.78, 5) is 0.0723. The van der Waals surface area contributed by atoms with Gasteiger partial charge in [0.2, 0.25) is 10.0 Å². The van der Waals surface area contributed by atoms with Crippen LogP contribution < -0.4 is 4.74 Å². The second-order valence-corrected chi connectivity index (χ2v) is 10.8. The van der Waals surface area contributed by atoms with E-state index in [4.69, 9.17) is 4.74 Å². The molecule has 3 rings (SSSR count). The highest BCUT2D eigenvalue weighted by atomic mass is 32.2. The molecular weight excluding hydrogens is 431 g/mol. The van der Waals surface area contributed by atoms with Gasteiger partial charge in [0.25, 0.3) is 0 Å². The second kappa shape index (κ2) is 7.62. The second-order valence-electron chi connectivity index (χ2n) is 6.61. The number of hydrogen-bond donors (Lipinski definition) is 0. The van der Waals surface area contributed by atoms with Crippen molar-refractivity contribution in [1.29, 1.82) is 0 Å². The Morgan fingerprint density at radius 2 is 1.52 bits per heavy atom. The lowest BCUT2D eigenvalue weighted by molar-refractivity contribution is -0.137. The minimum absolute atomic E-state index is 0.0723. The Morgan fingerprint density at radius 1 is 0.966 bits per heavy atom. The molecule has 2 aromatic carbocycles. The van der Waals surface area contributed by atoms with E-state index < -0.39 is 42.6 Å². The van der Waals surface area contributed by atoms with E-state index in [1.165, 1.54) is 31.4 Å². The molecule has 1 fully saturated rings. The van der Waals surface area contributed by atoms with Gasteiger partial charge in [0.15, 0.2) is 9.84 Å². The standard InChI is InChI=1S/C18H18F3NO5S2/c1-27-15-6-8-16(9-7-15)29(25,26)17-10-22(11-17)28(23,24)12-13-2-4-14(5-3-13)18(19,20)21/h2-9,17H,10-12H2,1H3. The van der Waals surface area contributed by atoms with Crippen molar-refractivity contribution < 1.29 is 34.7 Å². The van der Waals surface area contributed by atoms with Crippen molar-refractivity contribution in [2.24, 2.45) is 0 Å². The molecule has 1 saturated heterocycles. The van der Waals surface area contributed by atoms with Gasteiger partial charge < -0.3 is 4.74 Å². The predicted molar refractivity (Wildman–Crippen MR) is 99.6 cm³/mol. The molecular formula is C18H18F3NO5S2. The smallest absolute Gasteiger partial charge is 0.416 e. The third-order valence-corrected chi connectivity index (χ3v) is 8.55. The summed E-state index contributed by atoms with van der Waals surface area (Å²) in [5.74, 6) is -0.00113. The van der Waals surface area contributed by atoms with Crippen molar-refractivity contribution in [2.75, 3.05) is 20.2 Å². The summed E-state index contributed by atoms with van der Waals surface area (Å²) in [7, 11) is -6.09. The van der Waals surface area contributed by atoms with Crippen molar-refractivity contribution in [2.45, 2.75) is 22.1 Å². The van der Waals surface area contributed by atoms with Crippen LogP contribution in [0.4, 0.5) is 13.2 Å². The van der Waals surface area contributed by atoms with E-state index in [-0.39, 0.29) is 23.5 Å². The summed E-state index contributed by atoms with van der Waals surface area (Å²) in [6.45, 7) is -0.394. The highest BCUT2D eigenvalue weighted by Gasteiger charge is 2.43. The van der Waals surface area contributed by atoms with Crippen LogP contribution in [-0.2, 0) is 31.8 Å². The summed E-state index contributed by atoms with van der Waals surface area (Å²) >= 11 is 0. The van der Waals surface area contributed by atoms with Crippen LogP contribution in [0, 0.1) is 0 Å². The van der Waals surface area contributed by atoms with Gasteiger partial charge in [-0.2, -0.15) is 17.5 Å². The fourth-order valence-corrected chi connectivity index (χ4v) is 6.33. The van der Waals surface area contributed by atoms with Gasteiger partial charge in [0.1, 0.15) is 5.75 Å². The van der Waals surface area contributed by atoms with Crippen LogP contribution in [0.1, 0.15) is 11.1 Å². The molecule has 0 atom stereocenters. The third kappa shape index (κ3) is 4.57. The van der Waals surface area contributed by atoms with Crippen LogP contribution in [0.15, 0.2) is 53.4 Å². The minimum atomic E-state index is -4.50. The van der Waals surface area contributed by atoms with Crippen LogP contribution in [0.5, 0.6) is 5.75 Å². The lowest BCUT2D eigenvalue weighted by Crippen LogP contribution is -2.56. The maximum absolute atomic E-state index is 12.6. The van der Waals surface area contributed by atoms with Gasteiger partial charge in [0, 0.05) is 13.1 Å². The van der Waals surface area contributed by atoms with E-state index in [2.05, 4.69) is 0 Å². The van der Waals surface area contributed by atoms with Crippen LogP contribution in [0.25, 0.3) is 0 Å². The number of rotatable bonds is 6. The number of methoxy groups -OCH3 is 1. The van der Waals surface area contributed by atoms with Gasteiger partial charge >= 0.3 is 6.18 Å². The summed E-state index contributed by atoms with van der Waals surface area (Å²) in [5.41, 5.74) is -0.673. The Balaban J connectivity index is 1.65. The molecule has 0 spiro atoms. The molecule has 1 heterocycles. The topological polar surface area (TPSA) is 80.8 Å². The Bertz CT molecular complexity index is 1070. The molecule has 158 valence electrons. The van der Waals surface area contributed by atoms with Crippen molar-refractivity contribution >= 4 is 19.9 Å². The number of benzene rings is 2. The fraction of sp³-hybridized carbons (Fsp3) is 0.333. The van der Waals surface area contributed by atoms with Crippen LogP contribution >= 0.6 is 0 Å². The number of ether oxygens (including phenoxy) is 1. The molecule has 11 heteroatoms. The molecule has 0 bridgehead atoms. The Labute approximate surface area is 166 Å². The molecule has 2 aromatic rings. The van der Waals surface area contributed by atoms with Crippen LogP contribution in [0.2, 0.25) is 0 Å². The molecule has 29 heavy (non-hydrogen) atoms. The Morgan fingerprint density at radius 3 is 2.00 bits per heavy atom. The lowest BCUT2D eigenvalue weighted by atomic mass is 10.1. The molecule has 0 N–H and O–H groups in total. The van der Waals surface area contributed by atoms with E-state index in [1.807, 2.05) is 0 Å². The molecule has 1 aliphatic heterocycles. The number of hydrogen-bond acceptors (Lipinski definition) is 5. The predicted octanol–water partition coefficient (Wildman–Crippen LogP) is 2.70. The van der Waals surface area contributed by atoms with Gasteiger partial charge in [0.05, 0.1) is 28.6 Å². The first kappa shape index (κ1) is 21.6. The SMILES string of the molecule is COc1ccc(S(=O)(=O)C2CN(S(=O)(=O)Cc3ccc(C(F)(F)F)cc3)C2)cc1. The van der Waals surface area contributed by atoms with Gasteiger partial charge in [-0.05, 0) is 42.0 Å². The van der Waals surface area contributed by atoms with Crippen molar-refractivity contribution in [3.8, 4) is 5.75 Å². The largest absolute Gasteiger partial charge is 0.497 e. The van der Waals surface area contributed by atoms with Crippen molar-refractivity contribution in [1.82, 2.24) is 4.31 Å². The zero-order valence-electron chi connectivity index (χ0n) is 15.3. The van der Waals surface area contributed by atoms with E-state index in [9.17, 15) is 30.0 Å². The molecule has 6 nitrogen and oxygen atoms in total. The molecule has 1 aliphatic rings. The van der Waals surface area contributed by atoms with Crippen molar-refractivity contribution in [3.05, 3.63) is 59.7 Å². The third-order valence-electron chi connectivity index (χ3n) is 4.67. The first-order valence-electron chi connectivity index (χ1n) is 8.45. The summed E-state index contributed by atoms with van der Waals surface area (Å²) in [5, 5.41) is -0.877. The van der Waals surface area contributed by atoms with Crippen molar-refractivity contribution in [3.63, 3.8) is 0 Å². The molecule has 0 aromatic heterocycles. The maximum Gasteiger partial charge on any atom is 0.416 e. The van der Waals surface area contributed by atoms with Gasteiger partial charge in [-0.15, -0.1) is 0 Å². The van der Waals surface area contributed by atoms with Gasteiger partial charge in [-0.3, -0.25) is 0 Å². The minimum Gasteiger partial charge on any atom is -0.497 e. The van der Waals surface area contributed by atoms with Gasteiger partial charge in [-0.1, -0.05) is 12.1 Å². The number of sulfonamides is 1. The van der Waals surface area contributed by atoms with E-state index in [0.717, 1.165) is 28.6 Å². The number of alkyl halides is 3. The van der Waals surface area contributed by atoms with E-state index >= 15 is 0 Å². The average molecular weight is 449 g/mol. The molecule has 0 amide bonds. The molecule has 0 unspecified atom stereocenters. The fourth-order valence-electron chi connectivity index (χ4n) is 2.87. The lowest BCUT2D eigenvalue weighted by Gasteiger charge is -2.37. The van der Waals surface area contributed by atoms with E-state index in [1.54, 1.807) is 0 Å². The first-order valence-corrected chi connectivity index (χ1v) is 11.6. The Hall–Kier alpha value is -2.11. The average Bonchev–Trinajstić information content (AvgIpc) is 2.59. The molecule has 0 aliphatic carbocycles. The van der Waals surface area contributed by atoms with Gasteiger partial charge in [-0.25, -0.2) is 16.8 Å². The monoisotopic (exact) mass is 449 g/mol. The normalized spacial score (nSPS) is 16.4. The maximum atomic E-state index is 12.6. The highest BCUT2D eigenvalue weighted by molar-refractivity contribution is 7.92. The zero-order chi connectivity index (χ0) is 21.4. The number of sulfone groups is 1. The number of halogens is 3. The van der Waals surface area contributed by atoms with E-state index in [0.29, 0.717) is 5.75 Å². The highest BCUT2D eigenvalue weighted by Crippen LogP contribution is 2.31. The number of nitrogens with zero attached hydrogens (tertiary/aromatic N) is 1.